The van der Waals surface area contributed by atoms with Gasteiger partial charge < -0.3 is 10.6 Å². The molecule has 0 radical (unpaired) electrons. The molecule has 4 nitrogen and oxygen atoms in total. The molecule has 1 saturated carbocycles. The number of carbonyl (C=O) groups is 1. The normalized spacial score (nSPS) is 25.7. The Balaban J connectivity index is 1.93. The van der Waals surface area contributed by atoms with Crippen LogP contribution in [0.25, 0.3) is 0 Å². The molecule has 2 aliphatic rings. The molecule has 3 rings (SSSR count). The average molecular weight is 303 g/mol. The molecule has 2 unspecified atom stereocenters. The van der Waals surface area contributed by atoms with Gasteiger partial charge >= 0.3 is 0 Å². The van der Waals surface area contributed by atoms with E-state index in [1.807, 2.05) is 0 Å². The molecule has 1 saturated heterocycles. The quantitative estimate of drug-likeness (QED) is 0.870. The van der Waals surface area contributed by atoms with E-state index in [4.69, 9.17) is 5.73 Å². The highest BCUT2D eigenvalue weighted by Gasteiger charge is 2.35. The molecule has 112 valence electrons. The minimum Gasteiger partial charge on any atom is -0.396 e. The molecule has 0 aromatic carbocycles. The van der Waals surface area contributed by atoms with Crippen LogP contribution in [-0.4, -0.2) is 18.9 Å². The summed E-state index contributed by atoms with van der Waals surface area (Å²) in [5, 5.41) is 10.3. The van der Waals surface area contributed by atoms with E-state index in [0.717, 1.165) is 37.4 Å². The molecule has 2 heterocycles. The van der Waals surface area contributed by atoms with Gasteiger partial charge in [0.25, 0.3) is 0 Å². The minimum absolute atomic E-state index is 0.138. The first kappa shape index (κ1) is 14.4. The van der Waals surface area contributed by atoms with Gasteiger partial charge in [-0.1, -0.05) is 13.8 Å². The standard InChI is InChI=1S/C16H21N3OS/c1-9-5-6-19(8-10(9)2)16-12(7-17)13(18)15(21-16)14(20)11-3-4-11/h9-11H,3-6,8,18H2,1-2H3. The number of hydrogen-bond acceptors (Lipinski definition) is 5. The number of nitrogens with two attached hydrogens (primary N) is 1. The number of piperidine rings is 1. The number of rotatable bonds is 3. The molecule has 0 bridgehead atoms. The summed E-state index contributed by atoms with van der Waals surface area (Å²) in [4.78, 5) is 15.2. The lowest BCUT2D eigenvalue weighted by atomic mass is 9.89. The van der Waals surface area contributed by atoms with Crippen molar-refractivity contribution in [3.8, 4) is 6.07 Å². The Kier molecular flexibility index (Phi) is 3.66. The molecular weight excluding hydrogens is 282 g/mol. The zero-order valence-electron chi connectivity index (χ0n) is 12.6. The molecule has 1 aliphatic carbocycles. The van der Waals surface area contributed by atoms with E-state index < -0.39 is 0 Å². The van der Waals surface area contributed by atoms with Crippen LogP contribution in [0.4, 0.5) is 10.7 Å². The predicted molar refractivity (Wildman–Crippen MR) is 85.7 cm³/mol. The summed E-state index contributed by atoms with van der Waals surface area (Å²) in [5.74, 6) is 1.58. The van der Waals surface area contributed by atoms with Gasteiger partial charge in [0.1, 0.15) is 16.6 Å². The van der Waals surface area contributed by atoms with E-state index in [-0.39, 0.29) is 11.7 Å². The first-order valence-electron chi connectivity index (χ1n) is 7.64. The van der Waals surface area contributed by atoms with E-state index in [1.165, 1.54) is 11.3 Å². The molecule has 2 atom stereocenters. The third-order valence-corrected chi connectivity index (χ3v) is 6.11. The van der Waals surface area contributed by atoms with Gasteiger partial charge in [0, 0.05) is 19.0 Å². The van der Waals surface area contributed by atoms with Crippen molar-refractivity contribution in [2.75, 3.05) is 23.7 Å². The first-order valence-corrected chi connectivity index (χ1v) is 8.46. The number of anilines is 2. The van der Waals surface area contributed by atoms with E-state index in [1.54, 1.807) is 0 Å². The fraction of sp³-hybridized carbons (Fsp3) is 0.625. The summed E-state index contributed by atoms with van der Waals surface area (Å²) in [7, 11) is 0. The van der Waals surface area contributed by atoms with Crippen molar-refractivity contribution >= 4 is 27.8 Å². The number of nitrogen functional groups attached to an aromatic ring is 1. The van der Waals surface area contributed by atoms with Crippen LogP contribution in [0.2, 0.25) is 0 Å². The van der Waals surface area contributed by atoms with Crippen LogP contribution in [0, 0.1) is 29.1 Å². The van der Waals surface area contributed by atoms with Crippen LogP contribution in [0.15, 0.2) is 0 Å². The van der Waals surface area contributed by atoms with Gasteiger partial charge in [0.05, 0.1) is 10.6 Å². The van der Waals surface area contributed by atoms with Gasteiger partial charge in [-0.2, -0.15) is 5.26 Å². The molecule has 2 N–H and O–H groups in total. The Hall–Kier alpha value is -1.54. The van der Waals surface area contributed by atoms with Gasteiger partial charge in [-0.15, -0.1) is 11.3 Å². The second-order valence-corrected chi connectivity index (χ2v) is 7.46. The fourth-order valence-electron chi connectivity index (χ4n) is 2.92. The first-order chi connectivity index (χ1) is 10.0. The lowest BCUT2D eigenvalue weighted by Gasteiger charge is -2.36. The largest absolute Gasteiger partial charge is 0.396 e. The minimum atomic E-state index is 0.138. The zero-order valence-corrected chi connectivity index (χ0v) is 13.4. The molecule has 0 amide bonds. The van der Waals surface area contributed by atoms with Gasteiger partial charge in [-0.05, 0) is 31.1 Å². The van der Waals surface area contributed by atoms with Crippen LogP contribution in [0.1, 0.15) is 48.3 Å². The van der Waals surface area contributed by atoms with Crippen molar-refractivity contribution in [2.24, 2.45) is 17.8 Å². The number of ketones is 1. The smallest absolute Gasteiger partial charge is 0.178 e. The van der Waals surface area contributed by atoms with Crippen molar-refractivity contribution < 1.29 is 4.79 Å². The number of carbonyl (C=O) groups excluding carboxylic acids is 1. The predicted octanol–water partition coefficient (Wildman–Crippen LogP) is 3.28. The maximum Gasteiger partial charge on any atom is 0.178 e. The van der Waals surface area contributed by atoms with E-state index in [9.17, 15) is 10.1 Å². The van der Waals surface area contributed by atoms with Crippen molar-refractivity contribution in [2.45, 2.75) is 33.1 Å². The maximum absolute atomic E-state index is 12.3. The summed E-state index contributed by atoms with van der Waals surface area (Å²) < 4.78 is 0. The van der Waals surface area contributed by atoms with Gasteiger partial charge in [0.2, 0.25) is 0 Å². The Labute approximate surface area is 129 Å². The molecule has 5 heteroatoms. The highest BCUT2D eigenvalue weighted by atomic mass is 32.1. The fourth-order valence-corrected chi connectivity index (χ4v) is 4.15. The van der Waals surface area contributed by atoms with E-state index in [2.05, 4.69) is 24.8 Å². The van der Waals surface area contributed by atoms with Crippen LogP contribution in [0.3, 0.4) is 0 Å². The van der Waals surface area contributed by atoms with Crippen molar-refractivity contribution in [3.63, 3.8) is 0 Å². The summed E-state index contributed by atoms with van der Waals surface area (Å²) in [6.45, 7) is 6.40. The summed E-state index contributed by atoms with van der Waals surface area (Å²) >= 11 is 1.43. The van der Waals surface area contributed by atoms with Gasteiger partial charge in [-0.3, -0.25) is 4.79 Å². The lowest BCUT2D eigenvalue weighted by Crippen LogP contribution is -2.38. The lowest BCUT2D eigenvalue weighted by molar-refractivity contribution is 0.0972. The highest BCUT2D eigenvalue weighted by molar-refractivity contribution is 7.19. The molecule has 1 aromatic rings. The van der Waals surface area contributed by atoms with Crippen molar-refractivity contribution in [3.05, 3.63) is 10.4 Å². The van der Waals surface area contributed by atoms with Crippen LogP contribution >= 0.6 is 11.3 Å². The molecule has 0 spiro atoms. The Morgan fingerprint density at radius 2 is 2.05 bits per heavy atom. The number of nitriles is 1. The monoisotopic (exact) mass is 303 g/mol. The van der Waals surface area contributed by atoms with Crippen LogP contribution < -0.4 is 10.6 Å². The molecule has 2 fully saturated rings. The summed E-state index contributed by atoms with van der Waals surface area (Å²) in [5.41, 5.74) is 7.00. The van der Waals surface area contributed by atoms with Gasteiger partial charge in [-0.25, -0.2) is 0 Å². The summed E-state index contributed by atoms with van der Waals surface area (Å²) in [6, 6.07) is 2.21. The molecule has 1 aliphatic heterocycles. The number of thiophene rings is 1. The molecule has 21 heavy (non-hydrogen) atoms. The topological polar surface area (TPSA) is 70.1 Å². The Bertz CT molecular complexity index is 612. The Morgan fingerprint density at radius 3 is 2.62 bits per heavy atom. The van der Waals surface area contributed by atoms with Crippen LogP contribution in [0.5, 0.6) is 0 Å². The second kappa shape index (κ2) is 5.34. The zero-order chi connectivity index (χ0) is 15.1. The summed E-state index contributed by atoms with van der Waals surface area (Å²) in [6.07, 6.45) is 3.05. The number of Topliss-reactive ketones (excluding diaryl/α,β-unsaturated/α-hetero) is 1. The molecule has 1 aromatic heterocycles. The number of nitrogens with zero attached hydrogens (tertiary/aromatic N) is 2. The van der Waals surface area contributed by atoms with E-state index >= 15 is 0 Å². The van der Waals surface area contributed by atoms with Crippen molar-refractivity contribution in [1.82, 2.24) is 0 Å². The SMILES string of the molecule is CC1CCN(c2sc(C(=O)C3CC3)c(N)c2C#N)CC1C. The molecular formula is C16H21N3OS. The highest BCUT2D eigenvalue weighted by Crippen LogP contribution is 2.44. The third-order valence-electron chi connectivity index (χ3n) is 4.83. The van der Waals surface area contributed by atoms with Crippen LogP contribution in [-0.2, 0) is 0 Å². The third kappa shape index (κ3) is 2.53. The van der Waals surface area contributed by atoms with E-state index in [0.29, 0.717) is 28.0 Å². The van der Waals surface area contributed by atoms with Gasteiger partial charge in [0.15, 0.2) is 5.78 Å². The maximum atomic E-state index is 12.3. The average Bonchev–Trinajstić information content (AvgIpc) is 3.25. The number of hydrogen-bond donors (Lipinski definition) is 1. The van der Waals surface area contributed by atoms with Crippen molar-refractivity contribution in [1.29, 1.82) is 5.26 Å². The second-order valence-electron chi connectivity index (χ2n) is 6.46. The Morgan fingerprint density at radius 1 is 1.33 bits per heavy atom.